The van der Waals surface area contributed by atoms with Gasteiger partial charge in [-0.3, -0.25) is 9.59 Å². The topological polar surface area (TPSA) is 90.0 Å². The number of hydrogen-bond donors (Lipinski definition) is 1. The van der Waals surface area contributed by atoms with Crippen LogP contribution in [0, 0.1) is 13.8 Å². The standard InChI is InChI=1S/C24H22N4O3S/c1-16-21(17(2)31-27-16)15-32-24-20(6-5-12-25-24)23(30)26-19-10-8-18(9-11-19)14-28-13-4-3-7-22(28)29/h3-13H,14-15H2,1-2H3,(H,26,30). The molecule has 3 aromatic heterocycles. The Morgan fingerprint density at radius 3 is 2.62 bits per heavy atom. The van der Waals surface area contributed by atoms with Crippen molar-refractivity contribution in [3.05, 3.63) is 105 Å². The third-order valence-corrected chi connectivity index (χ3v) is 6.05. The van der Waals surface area contributed by atoms with Crippen molar-refractivity contribution in [1.82, 2.24) is 14.7 Å². The zero-order valence-electron chi connectivity index (χ0n) is 17.7. The summed E-state index contributed by atoms with van der Waals surface area (Å²) in [6, 6.07) is 16.0. The minimum atomic E-state index is -0.230. The zero-order valence-corrected chi connectivity index (χ0v) is 18.6. The van der Waals surface area contributed by atoms with Crippen molar-refractivity contribution >= 4 is 23.4 Å². The first-order chi connectivity index (χ1) is 15.5. The van der Waals surface area contributed by atoms with E-state index in [0.29, 0.717) is 28.6 Å². The second-order valence-electron chi connectivity index (χ2n) is 7.27. The zero-order chi connectivity index (χ0) is 22.5. The van der Waals surface area contributed by atoms with E-state index in [1.54, 1.807) is 35.2 Å². The van der Waals surface area contributed by atoms with E-state index in [1.807, 2.05) is 44.2 Å². The van der Waals surface area contributed by atoms with Gasteiger partial charge in [0.15, 0.2) is 0 Å². The molecule has 8 heteroatoms. The van der Waals surface area contributed by atoms with Gasteiger partial charge < -0.3 is 14.4 Å². The van der Waals surface area contributed by atoms with Crippen LogP contribution in [-0.4, -0.2) is 20.6 Å². The van der Waals surface area contributed by atoms with Crippen molar-refractivity contribution in [3.8, 4) is 0 Å². The molecular weight excluding hydrogens is 424 g/mol. The number of thioether (sulfide) groups is 1. The maximum absolute atomic E-state index is 12.9. The Morgan fingerprint density at radius 1 is 1.09 bits per heavy atom. The molecule has 1 N–H and O–H groups in total. The lowest BCUT2D eigenvalue weighted by atomic mass is 10.2. The molecule has 0 bridgehead atoms. The normalized spacial score (nSPS) is 10.8. The molecule has 0 saturated carbocycles. The van der Waals surface area contributed by atoms with Crippen LogP contribution >= 0.6 is 11.8 Å². The minimum absolute atomic E-state index is 0.0527. The van der Waals surface area contributed by atoms with Gasteiger partial charge in [0.25, 0.3) is 11.5 Å². The van der Waals surface area contributed by atoms with E-state index >= 15 is 0 Å². The van der Waals surface area contributed by atoms with Crippen LogP contribution in [0.25, 0.3) is 0 Å². The third kappa shape index (κ3) is 4.97. The SMILES string of the molecule is Cc1noc(C)c1CSc1ncccc1C(=O)Nc1ccc(Cn2ccccc2=O)cc1. The van der Waals surface area contributed by atoms with Crippen LogP contribution < -0.4 is 10.9 Å². The third-order valence-electron chi connectivity index (χ3n) is 5.01. The Kier molecular flexibility index (Phi) is 6.51. The molecular formula is C24H22N4O3S. The molecule has 1 aromatic carbocycles. The van der Waals surface area contributed by atoms with E-state index in [0.717, 1.165) is 22.6 Å². The molecule has 4 rings (SSSR count). The summed E-state index contributed by atoms with van der Waals surface area (Å²) in [6.45, 7) is 4.25. The lowest BCUT2D eigenvalue weighted by Crippen LogP contribution is -2.18. The Balaban J connectivity index is 1.44. The lowest BCUT2D eigenvalue weighted by molar-refractivity contribution is 0.102. The van der Waals surface area contributed by atoms with E-state index in [4.69, 9.17) is 4.52 Å². The largest absolute Gasteiger partial charge is 0.361 e. The van der Waals surface area contributed by atoms with E-state index in [-0.39, 0.29) is 11.5 Å². The van der Waals surface area contributed by atoms with Crippen LogP contribution in [0.3, 0.4) is 0 Å². The molecule has 4 aromatic rings. The van der Waals surface area contributed by atoms with E-state index < -0.39 is 0 Å². The van der Waals surface area contributed by atoms with Crippen molar-refractivity contribution in [1.29, 1.82) is 0 Å². The molecule has 0 radical (unpaired) electrons. The molecule has 0 spiro atoms. The molecule has 0 aliphatic carbocycles. The maximum atomic E-state index is 12.9. The van der Waals surface area contributed by atoms with Crippen LogP contribution in [0.4, 0.5) is 5.69 Å². The summed E-state index contributed by atoms with van der Waals surface area (Å²) in [5, 5.41) is 7.54. The molecule has 32 heavy (non-hydrogen) atoms. The average Bonchev–Trinajstić information content (AvgIpc) is 3.12. The van der Waals surface area contributed by atoms with Crippen molar-refractivity contribution in [2.45, 2.75) is 31.2 Å². The predicted octanol–water partition coefficient (Wildman–Crippen LogP) is 4.44. The summed E-state index contributed by atoms with van der Waals surface area (Å²) in [5.74, 6) is 1.16. The Labute approximate surface area is 189 Å². The molecule has 0 atom stereocenters. The lowest BCUT2D eigenvalue weighted by Gasteiger charge is -2.10. The summed E-state index contributed by atoms with van der Waals surface area (Å²) in [4.78, 5) is 29.2. The molecule has 1 amide bonds. The Bertz CT molecular complexity index is 1280. The number of aryl methyl sites for hydroxylation is 2. The van der Waals surface area contributed by atoms with Gasteiger partial charge in [-0.15, -0.1) is 11.8 Å². The molecule has 0 fully saturated rings. The Morgan fingerprint density at radius 2 is 1.91 bits per heavy atom. The van der Waals surface area contributed by atoms with Crippen LogP contribution in [0.1, 0.15) is 32.9 Å². The number of rotatable bonds is 7. The van der Waals surface area contributed by atoms with E-state index in [9.17, 15) is 9.59 Å². The molecule has 0 aliphatic rings. The summed E-state index contributed by atoms with van der Waals surface area (Å²) in [5.41, 5.74) is 3.94. The van der Waals surface area contributed by atoms with Gasteiger partial charge in [0.2, 0.25) is 0 Å². The van der Waals surface area contributed by atoms with Crippen LogP contribution in [-0.2, 0) is 12.3 Å². The van der Waals surface area contributed by atoms with Crippen LogP contribution in [0.2, 0.25) is 0 Å². The number of anilines is 1. The van der Waals surface area contributed by atoms with Crippen LogP contribution in [0.15, 0.2) is 81.3 Å². The summed E-state index contributed by atoms with van der Waals surface area (Å²) >= 11 is 1.47. The first-order valence-electron chi connectivity index (χ1n) is 10.1. The predicted molar refractivity (Wildman–Crippen MR) is 124 cm³/mol. The fraction of sp³-hybridized carbons (Fsp3) is 0.167. The number of nitrogens with zero attached hydrogens (tertiary/aromatic N) is 3. The molecule has 0 saturated heterocycles. The second-order valence-corrected chi connectivity index (χ2v) is 8.23. The molecule has 0 unspecified atom stereocenters. The summed E-state index contributed by atoms with van der Waals surface area (Å²) in [7, 11) is 0. The fourth-order valence-electron chi connectivity index (χ4n) is 3.21. The highest BCUT2D eigenvalue weighted by Crippen LogP contribution is 2.27. The summed E-state index contributed by atoms with van der Waals surface area (Å²) < 4.78 is 6.84. The maximum Gasteiger partial charge on any atom is 0.258 e. The highest BCUT2D eigenvalue weighted by atomic mass is 32.2. The average molecular weight is 447 g/mol. The smallest absolute Gasteiger partial charge is 0.258 e. The molecule has 162 valence electrons. The molecule has 0 aliphatic heterocycles. The highest BCUT2D eigenvalue weighted by molar-refractivity contribution is 7.98. The number of carbonyl (C=O) groups excluding carboxylic acids is 1. The van der Waals surface area contributed by atoms with Gasteiger partial charge in [-0.25, -0.2) is 4.98 Å². The van der Waals surface area contributed by atoms with E-state index in [2.05, 4.69) is 15.5 Å². The van der Waals surface area contributed by atoms with Gasteiger partial charge >= 0.3 is 0 Å². The van der Waals surface area contributed by atoms with Gasteiger partial charge in [-0.2, -0.15) is 0 Å². The minimum Gasteiger partial charge on any atom is -0.361 e. The van der Waals surface area contributed by atoms with Gasteiger partial charge in [0.05, 0.1) is 17.8 Å². The van der Waals surface area contributed by atoms with Crippen molar-refractivity contribution in [2.75, 3.05) is 5.32 Å². The number of aromatic nitrogens is 3. The molecule has 3 heterocycles. The van der Waals surface area contributed by atoms with E-state index in [1.165, 1.54) is 17.8 Å². The number of carbonyl (C=O) groups is 1. The van der Waals surface area contributed by atoms with Crippen molar-refractivity contribution in [2.24, 2.45) is 0 Å². The number of nitrogens with one attached hydrogen (secondary N) is 1. The van der Waals surface area contributed by atoms with Gasteiger partial charge in [0, 0.05) is 35.5 Å². The Hall–Kier alpha value is -3.65. The first kappa shape index (κ1) is 21.6. The highest BCUT2D eigenvalue weighted by Gasteiger charge is 2.16. The van der Waals surface area contributed by atoms with Crippen molar-refractivity contribution in [3.63, 3.8) is 0 Å². The summed E-state index contributed by atoms with van der Waals surface area (Å²) in [6.07, 6.45) is 3.43. The number of amides is 1. The number of benzene rings is 1. The molecule has 7 nitrogen and oxygen atoms in total. The van der Waals surface area contributed by atoms with Crippen LogP contribution in [0.5, 0.6) is 0 Å². The monoisotopic (exact) mass is 446 g/mol. The fourth-order valence-corrected chi connectivity index (χ4v) is 4.35. The second kappa shape index (κ2) is 9.65. The van der Waals surface area contributed by atoms with Gasteiger partial charge in [-0.1, -0.05) is 23.4 Å². The van der Waals surface area contributed by atoms with Crippen molar-refractivity contribution < 1.29 is 9.32 Å². The number of pyridine rings is 2. The first-order valence-corrected chi connectivity index (χ1v) is 11.0. The quantitative estimate of drug-likeness (QED) is 0.422. The number of hydrogen-bond acceptors (Lipinski definition) is 6. The van der Waals surface area contributed by atoms with Gasteiger partial charge in [-0.05, 0) is 49.7 Å². The van der Waals surface area contributed by atoms with Gasteiger partial charge in [0.1, 0.15) is 10.8 Å².